The third kappa shape index (κ3) is 12.9. The molecular weight excluding hydrogens is 364 g/mol. The fraction of sp³-hybridized carbons (Fsp3) is 0.643. The standard InChI is InChI=1S/C24H42N2.C2H6.C2H2/c1-6-8-13-22(5)24(23-16-14-21(4)15-17-23)26(7-2)19-10-12-20(3)11-9-18-25;2*1-2/h6,8,14,16-17,21-22,24H,3,7,9-13,15,18-19,25H2,1-2,4-5H3;1-2H3;1-2H/b8-6-;;. The van der Waals surface area contributed by atoms with Gasteiger partial charge in [-0.2, -0.15) is 0 Å². The highest BCUT2D eigenvalue weighted by Gasteiger charge is 2.26. The van der Waals surface area contributed by atoms with Crippen molar-refractivity contribution in [1.82, 2.24) is 4.90 Å². The normalized spacial score (nSPS) is 17.4. The molecule has 0 fully saturated rings. The average molecular weight is 415 g/mol. The van der Waals surface area contributed by atoms with Crippen LogP contribution in [0.4, 0.5) is 0 Å². The summed E-state index contributed by atoms with van der Waals surface area (Å²) in [5.41, 5.74) is 8.49. The van der Waals surface area contributed by atoms with Crippen LogP contribution in [0.15, 0.2) is 48.1 Å². The molecule has 3 unspecified atom stereocenters. The van der Waals surface area contributed by atoms with Crippen molar-refractivity contribution in [2.24, 2.45) is 17.6 Å². The second-order valence-electron chi connectivity index (χ2n) is 7.88. The molecule has 0 bridgehead atoms. The predicted octanol–water partition coefficient (Wildman–Crippen LogP) is 7.15. The van der Waals surface area contributed by atoms with E-state index in [1.807, 2.05) is 13.8 Å². The summed E-state index contributed by atoms with van der Waals surface area (Å²) in [5.74, 6) is 1.29. The van der Waals surface area contributed by atoms with Crippen LogP contribution in [0, 0.1) is 24.7 Å². The van der Waals surface area contributed by atoms with Crippen LogP contribution in [0.3, 0.4) is 0 Å². The Hall–Kier alpha value is -1.56. The fourth-order valence-electron chi connectivity index (χ4n) is 3.85. The third-order valence-corrected chi connectivity index (χ3v) is 5.48. The van der Waals surface area contributed by atoms with Crippen LogP contribution in [0.25, 0.3) is 0 Å². The fourth-order valence-corrected chi connectivity index (χ4v) is 3.85. The van der Waals surface area contributed by atoms with E-state index in [9.17, 15) is 0 Å². The van der Waals surface area contributed by atoms with Crippen LogP contribution in [-0.2, 0) is 0 Å². The minimum absolute atomic E-state index is 0.511. The van der Waals surface area contributed by atoms with Gasteiger partial charge < -0.3 is 5.73 Å². The monoisotopic (exact) mass is 414 g/mol. The van der Waals surface area contributed by atoms with Crippen molar-refractivity contribution in [3.8, 4) is 12.8 Å². The van der Waals surface area contributed by atoms with Gasteiger partial charge in [0.2, 0.25) is 0 Å². The Labute approximate surface area is 189 Å². The van der Waals surface area contributed by atoms with E-state index < -0.39 is 0 Å². The van der Waals surface area contributed by atoms with E-state index in [4.69, 9.17) is 5.73 Å². The number of rotatable bonds is 13. The average Bonchev–Trinajstić information content (AvgIpc) is 2.79. The molecule has 0 radical (unpaired) electrons. The summed E-state index contributed by atoms with van der Waals surface area (Å²) >= 11 is 0. The molecule has 30 heavy (non-hydrogen) atoms. The molecule has 2 N–H and O–H groups in total. The topological polar surface area (TPSA) is 29.3 Å². The Morgan fingerprint density at radius 2 is 1.93 bits per heavy atom. The lowest BCUT2D eigenvalue weighted by atomic mass is 9.85. The van der Waals surface area contributed by atoms with Gasteiger partial charge in [-0.3, -0.25) is 4.90 Å². The van der Waals surface area contributed by atoms with Gasteiger partial charge in [0, 0.05) is 6.04 Å². The first-order valence-electron chi connectivity index (χ1n) is 12.0. The molecule has 1 aliphatic rings. The number of hydrogen-bond acceptors (Lipinski definition) is 2. The Balaban J connectivity index is 0. The van der Waals surface area contributed by atoms with Gasteiger partial charge in [0.25, 0.3) is 0 Å². The molecule has 0 aromatic heterocycles. The van der Waals surface area contributed by atoms with E-state index in [-0.39, 0.29) is 0 Å². The summed E-state index contributed by atoms with van der Waals surface area (Å²) in [6.07, 6.45) is 26.5. The van der Waals surface area contributed by atoms with E-state index >= 15 is 0 Å². The minimum atomic E-state index is 0.511. The lowest BCUT2D eigenvalue weighted by Crippen LogP contribution is -2.41. The van der Waals surface area contributed by atoms with Gasteiger partial charge in [0.15, 0.2) is 0 Å². The van der Waals surface area contributed by atoms with Crippen molar-refractivity contribution < 1.29 is 0 Å². The van der Waals surface area contributed by atoms with Gasteiger partial charge in [-0.1, -0.05) is 77.2 Å². The smallest absolute Gasteiger partial charge is 0.0373 e. The third-order valence-electron chi connectivity index (χ3n) is 5.48. The maximum absolute atomic E-state index is 5.61. The first-order valence-corrected chi connectivity index (χ1v) is 12.0. The van der Waals surface area contributed by atoms with Gasteiger partial charge in [-0.25, -0.2) is 0 Å². The zero-order chi connectivity index (χ0) is 23.4. The van der Waals surface area contributed by atoms with Gasteiger partial charge in [-0.15, -0.1) is 12.8 Å². The molecule has 2 nitrogen and oxygen atoms in total. The second-order valence-corrected chi connectivity index (χ2v) is 7.88. The van der Waals surface area contributed by atoms with Gasteiger partial charge >= 0.3 is 0 Å². The molecule has 1 aliphatic carbocycles. The molecule has 2 heteroatoms. The van der Waals surface area contributed by atoms with Crippen molar-refractivity contribution in [2.45, 2.75) is 86.1 Å². The maximum atomic E-state index is 5.61. The van der Waals surface area contributed by atoms with E-state index in [1.165, 1.54) is 24.0 Å². The Bertz CT molecular complexity index is 524. The summed E-state index contributed by atoms with van der Waals surface area (Å²) < 4.78 is 0. The summed E-state index contributed by atoms with van der Waals surface area (Å²) in [5, 5.41) is 0. The van der Waals surface area contributed by atoms with Crippen LogP contribution in [-0.4, -0.2) is 30.6 Å². The van der Waals surface area contributed by atoms with Crippen LogP contribution in [0.1, 0.15) is 80.1 Å². The van der Waals surface area contributed by atoms with Crippen molar-refractivity contribution in [3.05, 3.63) is 48.1 Å². The van der Waals surface area contributed by atoms with Crippen molar-refractivity contribution in [1.29, 1.82) is 0 Å². The minimum Gasteiger partial charge on any atom is -0.330 e. The first kappa shape index (κ1) is 30.6. The lowest BCUT2D eigenvalue weighted by molar-refractivity contribution is 0.182. The van der Waals surface area contributed by atoms with Gasteiger partial charge in [0.05, 0.1) is 0 Å². The molecule has 0 spiro atoms. The zero-order valence-corrected chi connectivity index (χ0v) is 20.9. The molecule has 0 saturated heterocycles. The first-order chi connectivity index (χ1) is 14.5. The molecule has 3 atom stereocenters. The number of nitrogens with two attached hydrogens (primary N) is 1. The number of hydrogen-bond donors (Lipinski definition) is 1. The van der Waals surface area contributed by atoms with Crippen molar-refractivity contribution >= 4 is 0 Å². The highest BCUT2D eigenvalue weighted by atomic mass is 15.2. The Kier molecular flexibility index (Phi) is 21.1. The largest absolute Gasteiger partial charge is 0.330 e. The summed E-state index contributed by atoms with van der Waals surface area (Å²) in [6, 6.07) is 0.511. The molecule has 0 aromatic carbocycles. The number of terminal acetylenes is 1. The number of nitrogens with zero attached hydrogens (tertiary/aromatic N) is 1. The van der Waals surface area contributed by atoms with E-state index in [2.05, 4.69) is 82.4 Å². The van der Waals surface area contributed by atoms with Crippen LogP contribution < -0.4 is 5.73 Å². The molecule has 0 amide bonds. The molecule has 0 aromatic rings. The Morgan fingerprint density at radius 3 is 2.43 bits per heavy atom. The van der Waals surface area contributed by atoms with Crippen LogP contribution in [0.2, 0.25) is 0 Å². The quantitative estimate of drug-likeness (QED) is 0.256. The second kappa shape index (κ2) is 20.7. The number of likely N-dealkylation sites (N-methyl/N-ethyl adjacent to an activating group) is 1. The molecule has 1 rings (SSSR count). The maximum Gasteiger partial charge on any atom is 0.0373 e. The summed E-state index contributed by atoms with van der Waals surface area (Å²) in [7, 11) is 0. The summed E-state index contributed by atoms with van der Waals surface area (Å²) in [6.45, 7) is 20.4. The SMILES string of the molecule is C#C.C=C(CCCN)CCCN(CC)C(C1=CCC(C)C=C1)C(C)C/C=C\C.CC. The van der Waals surface area contributed by atoms with Crippen LogP contribution in [0.5, 0.6) is 0 Å². The number of allylic oxidation sites excluding steroid dienone is 5. The zero-order valence-electron chi connectivity index (χ0n) is 20.9. The highest BCUT2D eigenvalue weighted by molar-refractivity contribution is 5.29. The van der Waals surface area contributed by atoms with E-state index in [0.29, 0.717) is 17.9 Å². The molecular formula is C28H50N2. The van der Waals surface area contributed by atoms with Gasteiger partial charge in [-0.05, 0) is 82.5 Å². The van der Waals surface area contributed by atoms with Gasteiger partial charge in [0.1, 0.15) is 0 Å². The van der Waals surface area contributed by atoms with Crippen LogP contribution >= 0.6 is 0 Å². The molecule has 0 aliphatic heterocycles. The highest BCUT2D eigenvalue weighted by Crippen LogP contribution is 2.28. The Morgan fingerprint density at radius 1 is 1.30 bits per heavy atom. The molecule has 172 valence electrons. The van der Waals surface area contributed by atoms with E-state index in [1.54, 1.807) is 0 Å². The predicted molar refractivity (Wildman–Crippen MR) is 139 cm³/mol. The van der Waals surface area contributed by atoms with Crippen molar-refractivity contribution in [2.75, 3.05) is 19.6 Å². The summed E-state index contributed by atoms with van der Waals surface area (Å²) in [4.78, 5) is 2.68. The molecule has 0 heterocycles. The van der Waals surface area contributed by atoms with E-state index in [0.717, 1.165) is 45.3 Å². The van der Waals surface area contributed by atoms with Crippen molar-refractivity contribution in [3.63, 3.8) is 0 Å². The molecule has 0 saturated carbocycles. The lowest BCUT2D eigenvalue weighted by Gasteiger charge is -2.37.